The van der Waals surface area contributed by atoms with Crippen LogP contribution >= 0.6 is 0 Å². The number of benzene rings is 1. The van der Waals surface area contributed by atoms with Crippen molar-refractivity contribution in [2.24, 2.45) is 0 Å². The molecule has 1 N–H and O–H groups in total. The molecule has 0 aliphatic carbocycles. The molecule has 1 aromatic heterocycles. The summed E-state index contributed by atoms with van der Waals surface area (Å²) in [6.45, 7) is 4.77. The topological polar surface area (TPSA) is 24.9 Å². The molecule has 0 amide bonds. The molecule has 0 radical (unpaired) electrons. The number of hydrogen-bond acceptors (Lipinski definition) is 2. The first-order chi connectivity index (χ1) is 9.61. The highest BCUT2D eigenvalue weighted by Gasteiger charge is 2.17. The van der Waals surface area contributed by atoms with Crippen molar-refractivity contribution in [2.75, 3.05) is 6.54 Å². The van der Waals surface area contributed by atoms with E-state index in [1.165, 1.54) is 12.1 Å². The molecular weight excluding hydrogens is 258 g/mol. The molecule has 0 aliphatic heterocycles. The summed E-state index contributed by atoms with van der Waals surface area (Å²) in [4.78, 5) is 4.12. The van der Waals surface area contributed by atoms with Gasteiger partial charge in [-0.15, -0.1) is 0 Å². The van der Waals surface area contributed by atoms with Gasteiger partial charge < -0.3 is 5.32 Å². The molecule has 0 saturated carbocycles. The van der Waals surface area contributed by atoms with Gasteiger partial charge in [-0.3, -0.25) is 4.98 Å². The molecule has 2 rings (SSSR count). The molecule has 106 valence electrons. The normalized spacial score (nSPS) is 12.4. The number of nitrogens with zero attached hydrogens (tertiary/aromatic N) is 1. The summed E-state index contributed by atoms with van der Waals surface area (Å²) in [7, 11) is 0. The van der Waals surface area contributed by atoms with Crippen LogP contribution < -0.4 is 5.32 Å². The Kier molecular flexibility index (Phi) is 4.79. The zero-order valence-corrected chi connectivity index (χ0v) is 11.7. The zero-order valence-electron chi connectivity index (χ0n) is 11.7. The van der Waals surface area contributed by atoms with Crippen LogP contribution in [0.1, 0.15) is 36.1 Å². The largest absolute Gasteiger partial charge is 0.306 e. The Labute approximate surface area is 117 Å². The van der Waals surface area contributed by atoms with Crippen LogP contribution in [0.4, 0.5) is 8.78 Å². The molecule has 2 nitrogen and oxygen atoms in total. The smallest absolute Gasteiger partial charge is 0.126 e. The van der Waals surface area contributed by atoms with E-state index in [2.05, 4.69) is 10.3 Å². The molecule has 1 aromatic carbocycles. The van der Waals surface area contributed by atoms with Gasteiger partial charge in [-0.25, -0.2) is 8.78 Å². The molecule has 1 atom stereocenters. The Balaban J connectivity index is 2.44. The lowest BCUT2D eigenvalue weighted by Gasteiger charge is -2.21. The number of aromatic nitrogens is 1. The average Bonchev–Trinajstić information content (AvgIpc) is 2.40. The molecule has 20 heavy (non-hydrogen) atoms. The lowest BCUT2D eigenvalue weighted by atomic mass is 9.96. The molecular formula is C16H18F2N2. The number of hydrogen-bond donors (Lipinski definition) is 1. The van der Waals surface area contributed by atoms with Crippen LogP contribution in [0.25, 0.3) is 0 Å². The van der Waals surface area contributed by atoms with Crippen molar-refractivity contribution in [1.82, 2.24) is 10.3 Å². The molecule has 1 unspecified atom stereocenters. The Morgan fingerprint density at radius 3 is 2.50 bits per heavy atom. The molecule has 0 spiro atoms. The van der Waals surface area contributed by atoms with E-state index in [1.54, 1.807) is 12.4 Å². The minimum Gasteiger partial charge on any atom is -0.306 e. The summed E-state index contributed by atoms with van der Waals surface area (Å²) in [6.07, 6.45) is 4.39. The van der Waals surface area contributed by atoms with Crippen molar-refractivity contribution in [1.29, 1.82) is 0 Å². The Bertz CT molecular complexity index is 564. The highest BCUT2D eigenvalue weighted by molar-refractivity contribution is 5.35. The van der Waals surface area contributed by atoms with Gasteiger partial charge in [0.05, 0.1) is 6.04 Å². The maximum atomic E-state index is 13.4. The van der Waals surface area contributed by atoms with Crippen LogP contribution in [0.5, 0.6) is 0 Å². The van der Waals surface area contributed by atoms with E-state index in [1.807, 2.05) is 19.9 Å². The van der Waals surface area contributed by atoms with Crippen LogP contribution in [0, 0.1) is 18.6 Å². The Morgan fingerprint density at radius 1 is 1.20 bits per heavy atom. The molecule has 0 bridgehead atoms. The molecule has 4 heteroatoms. The maximum Gasteiger partial charge on any atom is 0.126 e. The van der Waals surface area contributed by atoms with Crippen molar-refractivity contribution in [3.63, 3.8) is 0 Å². The minimum absolute atomic E-state index is 0.256. The van der Waals surface area contributed by atoms with Crippen LogP contribution in [0.2, 0.25) is 0 Å². The van der Waals surface area contributed by atoms with Gasteiger partial charge in [-0.2, -0.15) is 0 Å². The lowest BCUT2D eigenvalue weighted by Crippen LogP contribution is -2.24. The summed E-state index contributed by atoms with van der Waals surface area (Å²) in [6, 6.07) is 5.25. The van der Waals surface area contributed by atoms with E-state index in [0.29, 0.717) is 5.56 Å². The second-order valence-corrected chi connectivity index (χ2v) is 4.82. The summed E-state index contributed by atoms with van der Waals surface area (Å²) in [5, 5.41) is 3.32. The van der Waals surface area contributed by atoms with Gasteiger partial charge >= 0.3 is 0 Å². The van der Waals surface area contributed by atoms with E-state index in [0.717, 1.165) is 30.2 Å². The molecule has 0 saturated heterocycles. The van der Waals surface area contributed by atoms with Gasteiger partial charge in [0.15, 0.2) is 0 Å². The SMILES string of the molecule is CCCNC(c1cc(F)cc(F)c1)c1cnccc1C. The van der Waals surface area contributed by atoms with Crippen molar-refractivity contribution in [3.05, 3.63) is 65.0 Å². The number of nitrogens with one attached hydrogen (secondary N) is 1. The molecule has 0 aliphatic rings. The van der Waals surface area contributed by atoms with Crippen LogP contribution in [-0.2, 0) is 0 Å². The van der Waals surface area contributed by atoms with E-state index in [-0.39, 0.29) is 6.04 Å². The van der Waals surface area contributed by atoms with Gasteiger partial charge in [-0.1, -0.05) is 6.92 Å². The summed E-state index contributed by atoms with van der Waals surface area (Å²) in [5.74, 6) is -1.13. The lowest BCUT2D eigenvalue weighted by molar-refractivity contribution is 0.557. The monoisotopic (exact) mass is 276 g/mol. The summed E-state index contributed by atoms with van der Waals surface area (Å²) >= 11 is 0. The first-order valence-electron chi connectivity index (χ1n) is 6.71. The predicted molar refractivity (Wildman–Crippen MR) is 75.5 cm³/mol. The third-order valence-corrected chi connectivity index (χ3v) is 3.21. The van der Waals surface area contributed by atoms with Crippen molar-refractivity contribution < 1.29 is 8.78 Å². The number of rotatable bonds is 5. The first-order valence-corrected chi connectivity index (χ1v) is 6.71. The minimum atomic E-state index is -0.565. The fraction of sp³-hybridized carbons (Fsp3) is 0.312. The fourth-order valence-corrected chi connectivity index (χ4v) is 2.22. The van der Waals surface area contributed by atoms with Crippen molar-refractivity contribution >= 4 is 0 Å². The van der Waals surface area contributed by atoms with Gasteiger partial charge in [0.2, 0.25) is 0 Å². The standard InChI is InChI=1S/C16H18F2N2/c1-3-5-20-16(15-10-19-6-4-11(15)2)12-7-13(17)9-14(18)8-12/h4,6-10,16,20H,3,5H2,1-2H3. The van der Waals surface area contributed by atoms with Crippen LogP contribution in [0.15, 0.2) is 36.7 Å². The molecule has 0 fully saturated rings. The molecule has 2 aromatic rings. The third-order valence-electron chi connectivity index (χ3n) is 3.21. The quantitative estimate of drug-likeness (QED) is 0.899. The Hall–Kier alpha value is -1.81. The maximum absolute atomic E-state index is 13.4. The van der Waals surface area contributed by atoms with E-state index in [9.17, 15) is 8.78 Å². The fourth-order valence-electron chi connectivity index (χ4n) is 2.22. The summed E-state index contributed by atoms with van der Waals surface area (Å²) < 4.78 is 26.9. The highest BCUT2D eigenvalue weighted by Crippen LogP contribution is 2.25. The number of halogens is 2. The molecule has 1 heterocycles. The Morgan fingerprint density at radius 2 is 1.90 bits per heavy atom. The van der Waals surface area contributed by atoms with Crippen LogP contribution in [0.3, 0.4) is 0 Å². The predicted octanol–water partition coefficient (Wildman–Crippen LogP) is 3.76. The number of pyridine rings is 1. The van der Waals surface area contributed by atoms with Crippen molar-refractivity contribution in [3.8, 4) is 0 Å². The van der Waals surface area contributed by atoms with Crippen molar-refractivity contribution in [2.45, 2.75) is 26.3 Å². The second kappa shape index (κ2) is 6.57. The zero-order chi connectivity index (χ0) is 14.5. The van der Waals surface area contributed by atoms with E-state index >= 15 is 0 Å². The average molecular weight is 276 g/mol. The van der Waals surface area contributed by atoms with E-state index < -0.39 is 11.6 Å². The van der Waals surface area contributed by atoms with E-state index in [4.69, 9.17) is 0 Å². The third kappa shape index (κ3) is 3.39. The second-order valence-electron chi connectivity index (χ2n) is 4.82. The van der Waals surface area contributed by atoms with Gasteiger partial charge in [0.25, 0.3) is 0 Å². The van der Waals surface area contributed by atoms with Gasteiger partial charge in [-0.05, 0) is 54.8 Å². The van der Waals surface area contributed by atoms with Crippen LogP contribution in [-0.4, -0.2) is 11.5 Å². The summed E-state index contributed by atoms with van der Waals surface area (Å²) in [5.41, 5.74) is 2.55. The first kappa shape index (κ1) is 14.6. The highest BCUT2D eigenvalue weighted by atomic mass is 19.1. The van der Waals surface area contributed by atoms with Gasteiger partial charge in [0, 0.05) is 18.5 Å². The number of aryl methyl sites for hydroxylation is 1. The van der Waals surface area contributed by atoms with Gasteiger partial charge in [0.1, 0.15) is 11.6 Å².